The van der Waals surface area contributed by atoms with Crippen molar-refractivity contribution in [2.75, 3.05) is 0 Å². The first-order chi connectivity index (χ1) is 9.54. The van der Waals surface area contributed by atoms with Gasteiger partial charge in [0.2, 0.25) is 0 Å². The summed E-state index contributed by atoms with van der Waals surface area (Å²) in [4.78, 5) is 0. The molecule has 0 bridgehead atoms. The first kappa shape index (κ1) is 14.6. The predicted molar refractivity (Wildman–Crippen MR) is 72.8 cm³/mol. The fourth-order valence-electron chi connectivity index (χ4n) is 2.01. The van der Waals surface area contributed by atoms with Crippen LogP contribution in [0.3, 0.4) is 0 Å². The molecule has 2 rings (SSSR count). The molecule has 0 fully saturated rings. The molecule has 4 heteroatoms. The Balaban J connectivity index is 1.90. The molecule has 106 valence electrons. The summed E-state index contributed by atoms with van der Waals surface area (Å²) in [7, 11) is 0. The Bertz CT molecular complexity index is 566. The Labute approximate surface area is 116 Å². The summed E-state index contributed by atoms with van der Waals surface area (Å²) in [6.07, 6.45) is 0.692. The predicted octanol–water partition coefficient (Wildman–Crippen LogP) is 3.82. The van der Waals surface area contributed by atoms with Gasteiger partial charge in [-0.2, -0.15) is 0 Å². The van der Waals surface area contributed by atoms with E-state index < -0.39 is 11.6 Å². The zero-order valence-corrected chi connectivity index (χ0v) is 11.2. The highest BCUT2D eigenvalue weighted by Gasteiger charge is 2.07. The summed E-state index contributed by atoms with van der Waals surface area (Å²) >= 11 is 0. The second-order valence-electron chi connectivity index (χ2n) is 4.85. The maximum absolute atomic E-state index is 13.4. The van der Waals surface area contributed by atoms with Crippen LogP contribution in [0, 0.1) is 17.5 Å². The van der Waals surface area contributed by atoms with Crippen LogP contribution in [0.15, 0.2) is 42.5 Å². The quantitative estimate of drug-likeness (QED) is 0.877. The molecule has 0 radical (unpaired) electrons. The summed E-state index contributed by atoms with van der Waals surface area (Å²) in [5, 5.41) is 3.13. The zero-order chi connectivity index (χ0) is 14.5. The fourth-order valence-corrected chi connectivity index (χ4v) is 2.01. The van der Waals surface area contributed by atoms with Crippen molar-refractivity contribution in [3.8, 4) is 0 Å². The molecule has 2 aromatic carbocycles. The normalized spacial score (nSPS) is 12.4. The lowest BCUT2D eigenvalue weighted by Gasteiger charge is -2.14. The molecule has 0 aliphatic carbocycles. The molecule has 0 spiro atoms. The van der Waals surface area contributed by atoms with Crippen LogP contribution >= 0.6 is 0 Å². The van der Waals surface area contributed by atoms with Crippen molar-refractivity contribution in [1.82, 2.24) is 5.32 Å². The summed E-state index contributed by atoms with van der Waals surface area (Å²) in [6, 6.07) is 9.74. The average molecular weight is 279 g/mol. The summed E-state index contributed by atoms with van der Waals surface area (Å²) in [5.74, 6) is -1.14. The minimum Gasteiger partial charge on any atom is -0.310 e. The highest BCUT2D eigenvalue weighted by molar-refractivity contribution is 5.19. The minimum absolute atomic E-state index is 0.0723. The molecule has 0 heterocycles. The number of hydrogen-bond donors (Lipinski definition) is 1. The van der Waals surface area contributed by atoms with E-state index in [9.17, 15) is 13.2 Å². The molecule has 1 N–H and O–H groups in total. The van der Waals surface area contributed by atoms with Crippen molar-refractivity contribution in [3.63, 3.8) is 0 Å². The van der Waals surface area contributed by atoms with E-state index in [2.05, 4.69) is 5.32 Å². The van der Waals surface area contributed by atoms with Gasteiger partial charge in [-0.1, -0.05) is 12.1 Å². The lowest BCUT2D eigenvalue weighted by molar-refractivity contribution is 0.519. The second kappa shape index (κ2) is 6.57. The number of nitrogens with one attached hydrogen (secondary N) is 1. The molecule has 1 nitrogen and oxygen atoms in total. The SMILES string of the molecule is CC(Cc1ccc(F)cc1)NCc1cc(F)ccc1F. The van der Waals surface area contributed by atoms with Gasteiger partial charge in [0.15, 0.2) is 0 Å². The topological polar surface area (TPSA) is 12.0 Å². The van der Waals surface area contributed by atoms with Crippen LogP contribution in [0.25, 0.3) is 0 Å². The Morgan fingerprint density at radius 1 is 0.950 bits per heavy atom. The van der Waals surface area contributed by atoms with E-state index in [0.717, 1.165) is 17.7 Å². The van der Waals surface area contributed by atoms with Gasteiger partial charge in [0.1, 0.15) is 17.5 Å². The lowest BCUT2D eigenvalue weighted by atomic mass is 10.1. The number of halogens is 3. The molecule has 0 aliphatic rings. The Kier molecular flexibility index (Phi) is 4.79. The fraction of sp³-hybridized carbons (Fsp3) is 0.250. The Morgan fingerprint density at radius 3 is 2.30 bits per heavy atom. The van der Waals surface area contributed by atoms with Gasteiger partial charge in [0.05, 0.1) is 0 Å². The van der Waals surface area contributed by atoms with Gasteiger partial charge in [0, 0.05) is 18.2 Å². The van der Waals surface area contributed by atoms with Gasteiger partial charge in [-0.25, -0.2) is 13.2 Å². The van der Waals surface area contributed by atoms with Crippen LogP contribution in [-0.2, 0) is 13.0 Å². The number of hydrogen-bond acceptors (Lipinski definition) is 1. The standard InChI is InChI=1S/C16H16F3N/c1-11(8-12-2-4-14(17)5-3-12)20-10-13-9-15(18)6-7-16(13)19/h2-7,9,11,20H,8,10H2,1H3. The van der Waals surface area contributed by atoms with Gasteiger partial charge >= 0.3 is 0 Å². The highest BCUT2D eigenvalue weighted by atomic mass is 19.1. The smallest absolute Gasteiger partial charge is 0.127 e. The molecule has 0 amide bonds. The molecule has 20 heavy (non-hydrogen) atoms. The van der Waals surface area contributed by atoms with Crippen molar-refractivity contribution in [3.05, 3.63) is 71.0 Å². The van der Waals surface area contributed by atoms with Gasteiger partial charge in [-0.15, -0.1) is 0 Å². The van der Waals surface area contributed by atoms with E-state index >= 15 is 0 Å². The summed E-state index contributed by atoms with van der Waals surface area (Å²) in [6.45, 7) is 2.20. The van der Waals surface area contributed by atoms with Crippen LogP contribution in [0.2, 0.25) is 0 Å². The molecule has 0 aliphatic heterocycles. The summed E-state index contributed by atoms with van der Waals surface area (Å²) in [5.41, 5.74) is 1.29. The molecule has 1 atom stereocenters. The van der Waals surface area contributed by atoms with Crippen LogP contribution in [0.1, 0.15) is 18.1 Å². The first-order valence-corrected chi connectivity index (χ1v) is 6.46. The molecular weight excluding hydrogens is 263 g/mol. The van der Waals surface area contributed by atoms with Crippen molar-refractivity contribution >= 4 is 0 Å². The number of benzene rings is 2. The maximum atomic E-state index is 13.4. The molecule has 0 saturated carbocycles. The molecule has 2 aromatic rings. The monoisotopic (exact) mass is 279 g/mol. The van der Waals surface area contributed by atoms with E-state index in [4.69, 9.17) is 0 Å². The minimum atomic E-state index is -0.450. The number of rotatable bonds is 5. The maximum Gasteiger partial charge on any atom is 0.127 e. The summed E-state index contributed by atoms with van der Waals surface area (Å²) < 4.78 is 39.3. The zero-order valence-electron chi connectivity index (χ0n) is 11.2. The van der Waals surface area contributed by atoms with Gasteiger partial charge in [-0.3, -0.25) is 0 Å². The highest BCUT2D eigenvalue weighted by Crippen LogP contribution is 2.10. The third kappa shape index (κ3) is 4.10. The Hall–Kier alpha value is -1.81. The van der Waals surface area contributed by atoms with Crippen LogP contribution < -0.4 is 5.32 Å². The van der Waals surface area contributed by atoms with E-state index in [-0.39, 0.29) is 18.4 Å². The third-order valence-electron chi connectivity index (χ3n) is 3.10. The molecule has 0 aromatic heterocycles. The largest absolute Gasteiger partial charge is 0.310 e. The van der Waals surface area contributed by atoms with Gasteiger partial charge in [-0.05, 0) is 49.2 Å². The van der Waals surface area contributed by atoms with E-state index in [1.54, 1.807) is 12.1 Å². The van der Waals surface area contributed by atoms with Gasteiger partial charge < -0.3 is 5.32 Å². The van der Waals surface area contributed by atoms with Crippen molar-refractivity contribution in [2.45, 2.75) is 25.9 Å². The molecular formula is C16H16F3N. The van der Waals surface area contributed by atoms with Crippen LogP contribution in [-0.4, -0.2) is 6.04 Å². The van der Waals surface area contributed by atoms with Crippen LogP contribution in [0.5, 0.6) is 0 Å². The van der Waals surface area contributed by atoms with Gasteiger partial charge in [0.25, 0.3) is 0 Å². The van der Waals surface area contributed by atoms with Crippen molar-refractivity contribution in [1.29, 1.82) is 0 Å². The van der Waals surface area contributed by atoms with E-state index in [1.165, 1.54) is 18.2 Å². The third-order valence-corrected chi connectivity index (χ3v) is 3.10. The molecule has 0 saturated heterocycles. The van der Waals surface area contributed by atoms with E-state index in [1.807, 2.05) is 6.92 Å². The lowest BCUT2D eigenvalue weighted by Crippen LogP contribution is -2.28. The Morgan fingerprint density at radius 2 is 1.60 bits per heavy atom. The van der Waals surface area contributed by atoms with Crippen molar-refractivity contribution < 1.29 is 13.2 Å². The average Bonchev–Trinajstić information content (AvgIpc) is 2.42. The first-order valence-electron chi connectivity index (χ1n) is 6.46. The second-order valence-corrected chi connectivity index (χ2v) is 4.85. The van der Waals surface area contributed by atoms with E-state index in [0.29, 0.717) is 12.0 Å². The molecule has 1 unspecified atom stereocenters. The van der Waals surface area contributed by atoms with Crippen LogP contribution in [0.4, 0.5) is 13.2 Å². The van der Waals surface area contributed by atoms with Crippen molar-refractivity contribution in [2.24, 2.45) is 0 Å².